The van der Waals surface area contributed by atoms with E-state index in [-0.39, 0.29) is 28.4 Å². The number of hydrogen-bond donors (Lipinski definition) is 2. The Balaban J connectivity index is 1.19. The van der Waals surface area contributed by atoms with E-state index in [9.17, 15) is 14.4 Å². The third kappa shape index (κ3) is 6.73. The summed E-state index contributed by atoms with van der Waals surface area (Å²) in [6.07, 6.45) is 3.50. The summed E-state index contributed by atoms with van der Waals surface area (Å²) < 4.78 is 6.23. The quantitative estimate of drug-likeness (QED) is 0.322. The molecular formula is C28H31AsN2O4. The van der Waals surface area contributed by atoms with Crippen LogP contribution < -0.4 is 15.4 Å². The fourth-order valence-electron chi connectivity index (χ4n) is 4.41. The third-order valence-corrected chi connectivity index (χ3v) is 8.75. The SMILES string of the molecule is CNC(=O)C1CCC(Oc2ccc(C(=O)[AsH]CCNC(=O)c3ccc4ccccc4c3)cc2)CC1. The van der Waals surface area contributed by atoms with Gasteiger partial charge in [-0.25, -0.2) is 0 Å². The van der Waals surface area contributed by atoms with Crippen molar-refractivity contribution in [3.8, 4) is 5.75 Å². The van der Waals surface area contributed by atoms with Crippen molar-refractivity contribution < 1.29 is 19.1 Å². The van der Waals surface area contributed by atoms with Crippen LogP contribution in [-0.2, 0) is 4.79 Å². The van der Waals surface area contributed by atoms with Crippen LogP contribution in [0.25, 0.3) is 10.8 Å². The average Bonchev–Trinajstić information content (AvgIpc) is 2.91. The van der Waals surface area contributed by atoms with Crippen LogP contribution >= 0.6 is 0 Å². The van der Waals surface area contributed by atoms with Crippen LogP contribution in [0.3, 0.4) is 0 Å². The summed E-state index contributed by atoms with van der Waals surface area (Å²) in [5.41, 5.74) is 1.33. The number of benzene rings is 3. The van der Waals surface area contributed by atoms with Crippen molar-refractivity contribution >= 4 is 42.9 Å². The van der Waals surface area contributed by atoms with Gasteiger partial charge in [0.25, 0.3) is 0 Å². The molecule has 2 N–H and O–H groups in total. The van der Waals surface area contributed by atoms with Gasteiger partial charge in [0.05, 0.1) is 0 Å². The van der Waals surface area contributed by atoms with Gasteiger partial charge in [0.1, 0.15) is 0 Å². The van der Waals surface area contributed by atoms with Crippen molar-refractivity contribution in [3.05, 3.63) is 77.9 Å². The molecular weight excluding hydrogens is 503 g/mol. The molecule has 35 heavy (non-hydrogen) atoms. The van der Waals surface area contributed by atoms with E-state index in [0.29, 0.717) is 22.9 Å². The Hall–Kier alpha value is -3.11. The third-order valence-electron chi connectivity index (χ3n) is 6.42. The van der Waals surface area contributed by atoms with Crippen LogP contribution in [0.4, 0.5) is 0 Å². The van der Waals surface area contributed by atoms with E-state index < -0.39 is 15.8 Å². The Morgan fingerprint density at radius 1 is 0.886 bits per heavy atom. The topological polar surface area (TPSA) is 84.5 Å². The van der Waals surface area contributed by atoms with E-state index in [1.807, 2.05) is 66.7 Å². The Labute approximate surface area is 212 Å². The Morgan fingerprint density at radius 2 is 1.57 bits per heavy atom. The van der Waals surface area contributed by atoms with Gasteiger partial charge in [0.15, 0.2) is 0 Å². The first-order chi connectivity index (χ1) is 17.0. The molecule has 0 heterocycles. The van der Waals surface area contributed by atoms with Gasteiger partial charge in [-0.1, -0.05) is 0 Å². The number of hydrogen-bond acceptors (Lipinski definition) is 4. The standard InChI is InChI=1S/C28H31AsN2O4/c1-30-27(33)21-10-14-25(15-11-21)35-24-12-8-20(9-13-24)26(32)29-16-17-31-28(34)23-7-6-19-4-2-3-5-22(19)18-23/h2-9,12-13,18,21,25,29H,10-11,14-17H2,1H3,(H,30,33)(H,31,34). The number of carbonyl (C=O) groups is 3. The summed E-state index contributed by atoms with van der Waals surface area (Å²) in [4.78, 5) is 36.8. The van der Waals surface area contributed by atoms with Gasteiger partial charge in [-0.3, -0.25) is 0 Å². The normalized spacial score (nSPS) is 17.9. The van der Waals surface area contributed by atoms with Crippen molar-refractivity contribution in [1.29, 1.82) is 0 Å². The van der Waals surface area contributed by atoms with Crippen LogP contribution in [-0.4, -0.2) is 51.8 Å². The van der Waals surface area contributed by atoms with Gasteiger partial charge in [-0.2, -0.15) is 0 Å². The molecule has 0 spiro atoms. The molecule has 7 heteroatoms. The van der Waals surface area contributed by atoms with Crippen LogP contribution in [0.1, 0.15) is 46.4 Å². The molecule has 1 atom stereocenters. The predicted molar refractivity (Wildman–Crippen MR) is 139 cm³/mol. The number of fused-ring (bicyclic) bond motifs is 1. The van der Waals surface area contributed by atoms with Crippen molar-refractivity contribution in [1.82, 2.24) is 10.6 Å². The van der Waals surface area contributed by atoms with E-state index >= 15 is 0 Å². The summed E-state index contributed by atoms with van der Waals surface area (Å²) >= 11 is -0.868. The Kier molecular flexibility index (Phi) is 8.59. The molecule has 4 rings (SSSR count). The molecule has 6 nitrogen and oxygen atoms in total. The number of ether oxygens (including phenoxy) is 1. The zero-order valence-electron chi connectivity index (χ0n) is 19.9. The fourth-order valence-corrected chi connectivity index (χ4v) is 6.19. The summed E-state index contributed by atoms with van der Waals surface area (Å²) in [5, 5.41) is 8.49. The van der Waals surface area contributed by atoms with Gasteiger partial charge in [-0.05, 0) is 0 Å². The first-order valence-electron chi connectivity index (χ1n) is 12.1. The molecule has 1 saturated carbocycles. The molecule has 3 aromatic rings. The zero-order valence-corrected chi connectivity index (χ0v) is 22.0. The molecule has 0 aliphatic heterocycles. The Morgan fingerprint density at radius 3 is 2.29 bits per heavy atom. The number of nitrogens with one attached hydrogen (secondary N) is 2. The van der Waals surface area contributed by atoms with Gasteiger partial charge in [-0.15, -0.1) is 0 Å². The average molecular weight is 534 g/mol. The van der Waals surface area contributed by atoms with Crippen molar-refractivity contribution in [2.24, 2.45) is 5.92 Å². The molecule has 1 aliphatic carbocycles. The molecule has 0 saturated heterocycles. The van der Waals surface area contributed by atoms with Gasteiger partial charge >= 0.3 is 206 Å². The minimum atomic E-state index is -0.868. The predicted octanol–water partition coefficient (Wildman–Crippen LogP) is 3.95. The summed E-state index contributed by atoms with van der Waals surface area (Å²) in [6.45, 7) is 0.497. The molecule has 1 unspecified atom stereocenters. The van der Waals surface area contributed by atoms with Crippen LogP contribution in [0, 0.1) is 5.92 Å². The van der Waals surface area contributed by atoms with Crippen molar-refractivity contribution in [3.63, 3.8) is 0 Å². The Bertz CT molecular complexity index is 1190. The number of carbonyl (C=O) groups excluding carboxylic acids is 3. The number of amides is 2. The first kappa shape index (κ1) is 25.0. The molecule has 0 bridgehead atoms. The maximum absolute atomic E-state index is 12.6. The molecule has 0 aromatic heterocycles. The van der Waals surface area contributed by atoms with E-state index in [1.165, 1.54) is 0 Å². The van der Waals surface area contributed by atoms with Crippen LogP contribution in [0.15, 0.2) is 66.7 Å². The minimum absolute atomic E-state index is 0.0849. The van der Waals surface area contributed by atoms with Gasteiger partial charge in [0, 0.05) is 7.05 Å². The van der Waals surface area contributed by atoms with E-state index in [2.05, 4.69) is 10.6 Å². The van der Waals surface area contributed by atoms with Gasteiger partial charge < -0.3 is 0 Å². The summed E-state index contributed by atoms with van der Waals surface area (Å²) in [5.74, 6) is 0.846. The maximum atomic E-state index is 12.6. The van der Waals surface area contributed by atoms with Crippen LogP contribution in [0.2, 0.25) is 5.21 Å². The molecule has 1 fully saturated rings. The summed E-state index contributed by atoms with van der Waals surface area (Å²) in [6, 6.07) is 21.0. The summed E-state index contributed by atoms with van der Waals surface area (Å²) in [7, 11) is 1.68. The molecule has 1 aliphatic rings. The van der Waals surface area contributed by atoms with Gasteiger partial charge in [0.2, 0.25) is 0 Å². The first-order valence-corrected chi connectivity index (χ1v) is 14.6. The second-order valence-corrected chi connectivity index (χ2v) is 11.5. The second kappa shape index (κ2) is 12.0. The number of rotatable bonds is 9. The van der Waals surface area contributed by atoms with Crippen molar-refractivity contribution in [2.75, 3.05) is 13.6 Å². The second-order valence-electron chi connectivity index (χ2n) is 8.80. The molecule has 0 radical (unpaired) electrons. The molecule has 2 amide bonds. The monoisotopic (exact) mass is 534 g/mol. The van der Waals surface area contributed by atoms with Crippen molar-refractivity contribution in [2.45, 2.75) is 37.0 Å². The zero-order chi connectivity index (χ0) is 24.6. The fraction of sp³-hybridized carbons (Fsp3) is 0.321. The van der Waals surface area contributed by atoms with E-state index in [0.717, 1.165) is 42.2 Å². The van der Waals surface area contributed by atoms with Crippen LogP contribution in [0.5, 0.6) is 5.75 Å². The van der Waals surface area contributed by atoms with E-state index in [1.54, 1.807) is 7.05 Å². The molecule has 3 aromatic carbocycles. The molecule has 182 valence electrons. The van der Waals surface area contributed by atoms with E-state index in [4.69, 9.17) is 4.74 Å².